The number of aromatic nitrogens is 1. The molecule has 1 saturated heterocycles. The summed E-state index contributed by atoms with van der Waals surface area (Å²) >= 11 is 1.68. The predicted octanol–water partition coefficient (Wildman–Crippen LogP) is 5.47. The molecule has 5 rings (SSSR count). The van der Waals surface area contributed by atoms with Crippen LogP contribution in [0.5, 0.6) is 11.5 Å². The summed E-state index contributed by atoms with van der Waals surface area (Å²) in [5, 5.41) is 3.99. The average Bonchev–Trinajstić information content (AvgIpc) is 3.11. The normalized spacial score (nSPS) is 13.8. The maximum absolute atomic E-state index is 12.6. The number of thiazole rings is 1. The maximum Gasteiger partial charge on any atom is 0.231 e. The van der Waals surface area contributed by atoms with Gasteiger partial charge < -0.3 is 15.0 Å². The lowest BCUT2D eigenvalue weighted by atomic mass is 10.00. The van der Waals surface area contributed by atoms with E-state index < -0.39 is 0 Å². The van der Waals surface area contributed by atoms with Crippen LogP contribution in [0.3, 0.4) is 0 Å². The first-order chi connectivity index (χ1) is 14.6. The zero-order valence-electron chi connectivity index (χ0n) is 16.5. The van der Waals surface area contributed by atoms with Crippen molar-refractivity contribution >= 4 is 38.3 Å². The number of nitrogens with one attached hydrogen (secondary N) is 1. The molecule has 5 nitrogen and oxygen atoms in total. The van der Waals surface area contributed by atoms with E-state index in [9.17, 15) is 4.79 Å². The van der Waals surface area contributed by atoms with E-state index in [1.807, 2.05) is 54.6 Å². The van der Waals surface area contributed by atoms with Gasteiger partial charge in [0.2, 0.25) is 5.91 Å². The van der Waals surface area contributed by atoms with Crippen LogP contribution in [0.25, 0.3) is 10.2 Å². The molecule has 6 heteroatoms. The number of hydrogen-bond acceptors (Lipinski definition) is 5. The topological polar surface area (TPSA) is 54.5 Å². The Hall–Kier alpha value is -3.38. The Morgan fingerprint density at radius 1 is 1.03 bits per heavy atom. The summed E-state index contributed by atoms with van der Waals surface area (Å²) in [6.07, 6.45) is 0. The van der Waals surface area contributed by atoms with Crippen LogP contribution in [0.2, 0.25) is 0 Å². The van der Waals surface area contributed by atoms with Gasteiger partial charge in [0.25, 0.3) is 0 Å². The molecule has 1 aromatic heterocycles. The van der Waals surface area contributed by atoms with Crippen LogP contribution in [0.15, 0.2) is 72.8 Å². The molecule has 0 aliphatic carbocycles. The van der Waals surface area contributed by atoms with E-state index in [-0.39, 0.29) is 11.8 Å². The Morgan fingerprint density at radius 3 is 2.53 bits per heavy atom. The lowest BCUT2D eigenvalue weighted by Crippen LogP contribution is -2.52. The number of rotatable bonds is 5. The number of aryl methyl sites for hydroxylation is 1. The molecule has 1 aliphatic heterocycles. The van der Waals surface area contributed by atoms with E-state index in [2.05, 4.69) is 35.3 Å². The second-order valence-corrected chi connectivity index (χ2v) is 8.51. The van der Waals surface area contributed by atoms with Gasteiger partial charge in [-0.3, -0.25) is 4.79 Å². The zero-order chi connectivity index (χ0) is 20.5. The highest BCUT2D eigenvalue weighted by molar-refractivity contribution is 7.22. The van der Waals surface area contributed by atoms with Crippen LogP contribution in [0.4, 0.5) is 10.8 Å². The largest absolute Gasteiger partial charge is 0.457 e. The average molecular weight is 416 g/mol. The van der Waals surface area contributed by atoms with Crippen molar-refractivity contribution in [1.82, 2.24) is 4.98 Å². The van der Waals surface area contributed by atoms with Crippen molar-refractivity contribution in [2.75, 3.05) is 23.3 Å². The fourth-order valence-corrected chi connectivity index (χ4v) is 4.51. The van der Waals surface area contributed by atoms with E-state index in [4.69, 9.17) is 9.72 Å². The molecule has 0 atom stereocenters. The van der Waals surface area contributed by atoms with Crippen LogP contribution in [0, 0.1) is 12.8 Å². The van der Waals surface area contributed by atoms with E-state index in [0.29, 0.717) is 13.1 Å². The summed E-state index contributed by atoms with van der Waals surface area (Å²) in [4.78, 5) is 19.4. The molecule has 1 fully saturated rings. The highest BCUT2D eigenvalue weighted by Crippen LogP contribution is 2.33. The Bertz CT molecular complexity index is 1180. The molecule has 4 aromatic rings. The van der Waals surface area contributed by atoms with Gasteiger partial charge in [-0.25, -0.2) is 4.98 Å². The van der Waals surface area contributed by atoms with Crippen molar-refractivity contribution in [2.45, 2.75) is 6.92 Å². The highest BCUT2D eigenvalue weighted by atomic mass is 32.1. The highest BCUT2D eigenvalue weighted by Gasteiger charge is 2.34. The number of hydrogen-bond donors (Lipinski definition) is 1. The van der Waals surface area contributed by atoms with Crippen molar-refractivity contribution in [2.24, 2.45) is 5.92 Å². The number of carbonyl (C=O) groups is 1. The third-order valence-corrected chi connectivity index (χ3v) is 6.24. The van der Waals surface area contributed by atoms with Crippen LogP contribution >= 0.6 is 11.3 Å². The minimum absolute atomic E-state index is 0.0287. The van der Waals surface area contributed by atoms with Gasteiger partial charge in [0, 0.05) is 18.8 Å². The van der Waals surface area contributed by atoms with Crippen LogP contribution in [-0.2, 0) is 4.79 Å². The summed E-state index contributed by atoms with van der Waals surface area (Å²) in [5.74, 6) is 1.54. The molecule has 1 N–H and O–H groups in total. The number of anilines is 2. The van der Waals surface area contributed by atoms with E-state index in [1.54, 1.807) is 11.3 Å². The van der Waals surface area contributed by atoms with Crippen molar-refractivity contribution < 1.29 is 9.53 Å². The van der Waals surface area contributed by atoms with Crippen molar-refractivity contribution in [1.29, 1.82) is 0 Å². The first kappa shape index (κ1) is 18.6. The van der Waals surface area contributed by atoms with Crippen molar-refractivity contribution in [3.8, 4) is 11.5 Å². The lowest BCUT2D eigenvalue weighted by Gasteiger charge is -2.37. The van der Waals surface area contributed by atoms with Gasteiger partial charge >= 0.3 is 0 Å². The minimum atomic E-state index is -0.0287. The summed E-state index contributed by atoms with van der Waals surface area (Å²) in [6, 6.07) is 23.4. The third kappa shape index (κ3) is 3.86. The summed E-state index contributed by atoms with van der Waals surface area (Å²) in [7, 11) is 0. The number of fused-ring (bicyclic) bond motifs is 1. The molecule has 30 heavy (non-hydrogen) atoms. The summed E-state index contributed by atoms with van der Waals surface area (Å²) < 4.78 is 6.98. The number of carbonyl (C=O) groups excluding carboxylic acids is 1. The van der Waals surface area contributed by atoms with E-state index in [0.717, 1.165) is 27.8 Å². The van der Waals surface area contributed by atoms with Crippen LogP contribution < -0.4 is 15.0 Å². The summed E-state index contributed by atoms with van der Waals surface area (Å²) in [6.45, 7) is 3.48. The minimum Gasteiger partial charge on any atom is -0.457 e. The molecule has 0 bridgehead atoms. The van der Waals surface area contributed by atoms with Gasteiger partial charge in [-0.05, 0) is 61.0 Å². The van der Waals surface area contributed by atoms with Crippen LogP contribution in [-0.4, -0.2) is 24.0 Å². The standard InChI is InChI=1S/C24H21N3O2S/c1-16-7-12-21-22(13-16)30-24(26-21)27-14-17(15-27)23(28)25-18-8-10-20(11-9-18)29-19-5-3-2-4-6-19/h2-13,17H,14-15H2,1H3,(H,25,28). The Balaban J connectivity index is 1.16. The number of ether oxygens (including phenoxy) is 1. The second-order valence-electron chi connectivity index (χ2n) is 7.50. The quantitative estimate of drug-likeness (QED) is 0.469. The zero-order valence-corrected chi connectivity index (χ0v) is 17.4. The first-order valence-corrected chi connectivity index (χ1v) is 10.7. The smallest absolute Gasteiger partial charge is 0.231 e. The van der Waals surface area contributed by atoms with Gasteiger partial charge in [0.05, 0.1) is 16.1 Å². The molecule has 150 valence electrons. The SMILES string of the molecule is Cc1ccc2nc(N3CC(C(=O)Nc4ccc(Oc5ccccc5)cc4)C3)sc2c1. The van der Waals surface area contributed by atoms with E-state index in [1.165, 1.54) is 10.3 Å². The van der Waals surface area contributed by atoms with Gasteiger partial charge in [-0.2, -0.15) is 0 Å². The molecule has 0 unspecified atom stereocenters. The summed E-state index contributed by atoms with van der Waals surface area (Å²) in [5.41, 5.74) is 3.03. The Kier molecular flexibility index (Phi) is 4.85. The second kappa shape index (κ2) is 7.80. The number of benzene rings is 3. The fraction of sp³-hybridized carbons (Fsp3) is 0.167. The third-order valence-electron chi connectivity index (χ3n) is 5.16. The van der Waals surface area contributed by atoms with Crippen molar-refractivity contribution in [3.05, 3.63) is 78.4 Å². The molecule has 3 aromatic carbocycles. The van der Waals surface area contributed by atoms with Crippen molar-refractivity contribution in [3.63, 3.8) is 0 Å². The molecule has 0 saturated carbocycles. The molecule has 0 spiro atoms. The predicted molar refractivity (Wildman–Crippen MR) is 122 cm³/mol. The van der Waals surface area contributed by atoms with Gasteiger partial charge in [-0.15, -0.1) is 0 Å². The fourth-order valence-electron chi connectivity index (χ4n) is 3.43. The molecule has 1 amide bonds. The van der Waals surface area contributed by atoms with E-state index >= 15 is 0 Å². The Labute approximate surface area is 178 Å². The molecule has 0 radical (unpaired) electrons. The molecular formula is C24H21N3O2S. The van der Waals surface area contributed by atoms with Crippen LogP contribution in [0.1, 0.15) is 5.56 Å². The van der Waals surface area contributed by atoms with Gasteiger partial charge in [0.15, 0.2) is 5.13 Å². The maximum atomic E-state index is 12.6. The van der Waals surface area contributed by atoms with Gasteiger partial charge in [0.1, 0.15) is 11.5 Å². The monoisotopic (exact) mass is 415 g/mol. The molecule has 1 aliphatic rings. The number of nitrogens with zero attached hydrogens (tertiary/aromatic N) is 2. The number of para-hydroxylation sites is 1. The first-order valence-electron chi connectivity index (χ1n) is 9.90. The van der Waals surface area contributed by atoms with Gasteiger partial charge in [-0.1, -0.05) is 35.6 Å². The molecule has 2 heterocycles. The number of amides is 1. The molecular weight excluding hydrogens is 394 g/mol. The lowest BCUT2D eigenvalue weighted by molar-refractivity contribution is -0.120. The Morgan fingerprint density at radius 2 is 1.77 bits per heavy atom.